The molecule has 0 spiro atoms. The van der Waals surface area contributed by atoms with Gasteiger partial charge in [0, 0.05) is 43.1 Å². The second-order valence-corrected chi connectivity index (χ2v) is 5.42. The minimum absolute atomic E-state index is 0.0857. The molecular formula is C17H18N4O2. The summed E-state index contributed by atoms with van der Waals surface area (Å²) in [7, 11) is 3.31. The molecule has 1 aliphatic carbocycles. The van der Waals surface area contributed by atoms with Gasteiger partial charge in [0.2, 0.25) is 0 Å². The number of pyridine rings is 1. The molecule has 6 nitrogen and oxygen atoms in total. The Labute approximate surface area is 134 Å². The van der Waals surface area contributed by atoms with E-state index >= 15 is 0 Å². The number of aromatic amines is 1. The lowest BCUT2D eigenvalue weighted by molar-refractivity contribution is 0.0770. The van der Waals surface area contributed by atoms with Crippen molar-refractivity contribution in [1.82, 2.24) is 9.97 Å². The molecular weight excluding hydrogens is 292 g/mol. The Morgan fingerprint density at radius 1 is 1.35 bits per heavy atom. The molecule has 2 heterocycles. The molecule has 23 heavy (non-hydrogen) atoms. The first kappa shape index (κ1) is 15.1. The lowest BCUT2D eigenvalue weighted by atomic mass is 9.95. The first-order valence-electron chi connectivity index (χ1n) is 7.29. The molecule has 0 aromatic carbocycles. The number of nitrogens with two attached hydrogens (primary N) is 1. The van der Waals surface area contributed by atoms with Gasteiger partial charge < -0.3 is 20.2 Å². The number of aromatic nitrogens is 2. The van der Waals surface area contributed by atoms with Gasteiger partial charge >= 0.3 is 0 Å². The van der Waals surface area contributed by atoms with Crippen molar-refractivity contribution >= 4 is 16.6 Å². The van der Waals surface area contributed by atoms with Crippen molar-refractivity contribution in [1.29, 1.82) is 5.26 Å². The Morgan fingerprint density at radius 2 is 2.13 bits per heavy atom. The molecule has 3 N–H and O–H groups in total. The maximum absolute atomic E-state index is 9.24. The van der Waals surface area contributed by atoms with Gasteiger partial charge in [-0.05, 0) is 6.08 Å². The fourth-order valence-electron chi connectivity index (χ4n) is 2.92. The molecule has 0 amide bonds. The van der Waals surface area contributed by atoms with Gasteiger partial charge in [0.05, 0.1) is 12.8 Å². The van der Waals surface area contributed by atoms with E-state index < -0.39 is 0 Å². The summed E-state index contributed by atoms with van der Waals surface area (Å²) in [6.45, 7) is 0. The van der Waals surface area contributed by atoms with Crippen LogP contribution in [-0.4, -0.2) is 30.3 Å². The Hall–Kier alpha value is -2.78. The number of nitrogen functional groups attached to an aromatic ring is 1. The molecule has 6 heteroatoms. The highest BCUT2D eigenvalue weighted by molar-refractivity contribution is 5.92. The normalized spacial score (nSPS) is 17.5. The molecule has 0 saturated heterocycles. The summed E-state index contributed by atoms with van der Waals surface area (Å²) in [6, 6.07) is 2.12. The number of hydrogen-bond donors (Lipinski definition) is 2. The zero-order valence-electron chi connectivity index (χ0n) is 13.1. The fraction of sp³-hybridized carbons (Fsp3) is 0.294. The zero-order chi connectivity index (χ0) is 16.4. The van der Waals surface area contributed by atoms with Crippen LogP contribution in [0.2, 0.25) is 0 Å². The summed E-state index contributed by atoms with van der Waals surface area (Å²) in [4.78, 5) is 7.46. The van der Waals surface area contributed by atoms with Gasteiger partial charge in [0.15, 0.2) is 0 Å². The van der Waals surface area contributed by atoms with Gasteiger partial charge in [-0.1, -0.05) is 11.6 Å². The Kier molecular flexibility index (Phi) is 4.04. The third kappa shape index (κ3) is 2.67. The van der Waals surface area contributed by atoms with E-state index in [1.807, 2.05) is 18.3 Å². The summed E-state index contributed by atoms with van der Waals surface area (Å²) in [5, 5.41) is 11.0. The van der Waals surface area contributed by atoms with Crippen molar-refractivity contribution in [3.8, 4) is 6.07 Å². The Bertz CT molecular complexity index is 842. The third-order valence-electron chi connectivity index (χ3n) is 4.11. The Morgan fingerprint density at radius 3 is 2.83 bits per heavy atom. The van der Waals surface area contributed by atoms with E-state index in [0.717, 1.165) is 28.6 Å². The number of nitriles is 1. The maximum Gasteiger partial charge on any atom is 0.142 e. The summed E-state index contributed by atoms with van der Waals surface area (Å²) < 4.78 is 10.8. The maximum atomic E-state index is 9.24. The van der Waals surface area contributed by atoms with Gasteiger partial charge in [-0.2, -0.15) is 5.26 Å². The average molecular weight is 310 g/mol. The molecule has 2 aromatic heterocycles. The van der Waals surface area contributed by atoms with Crippen molar-refractivity contribution in [2.24, 2.45) is 0 Å². The number of nitrogens with zero attached hydrogens (tertiary/aromatic N) is 2. The SMILES string of the molecule is COC1=CC=C(Cc2nc(N)c(C#N)c3c[nH]cc23)CC1OC. The van der Waals surface area contributed by atoms with Crippen molar-refractivity contribution in [2.75, 3.05) is 20.0 Å². The van der Waals surface area contributed by atoms with Crippen LogP contribution >= 0.6 is 0 Å². The third-order valence-corrected chi connectivity index (χ3v) is 4.11. The molecule has 0 saturated carbocycles. The number of rotatable bonds is 4. The number of allylic oxidation sites excluding steroid dienone is 2. The van der Waals surface area contributed by atoms with Crippen molar-refractivity contribution in [2.45, 2.75) is 18.9 Å². The monoisotopic (exact) mass is 310 g/mol. The van der Waals surface area contributed by atoms with Crippen LogP contribution in [0.15, 0.2) is 35.9 Å². The van der Waals surface area contributed by atoms with Crippen molar-refractivity contribution in [3.05, 3.63) is 47.1 Å². The van der Waals surface area contributed by atoms with Crippen LogP contribution in [-0.2, 0) is 15.9 Å². The minimum Gasteiger partial charge on any atom is -0.498 e. The number of ether oxygens (including phenoxy) is 2. The molecule has 1 unspecified atom stereocenters. The predicted octanol–water partition coefficient (Wildman–Crippen LogP) is 2.43. The lowest BCUT2D eigenvalue weighted by Crippen LogP contribution is -2.19. The predicted molar refractivity (Wildman–Crippen MR) is 87.5 cm³/mol. The second-order valence-electron chi connectivity index (χ2n) is 5.42. The quantitative estimate of drug-likeness (QED) is 0.904. The molecule has 1 atom stereocenters. The largest absolute Gasteiger partial charge is 0.498 e. The highest BCUT2D eigenvalue weighted by atomic mass is 16.5. The zero-order valence-corrected chi connectivity index (χ0v) is 13.1. The summed E-state index contributed by atoms with van der Waals surface area (Å²) in [5.74, 6) is 1.08. The number of anilines is 1. The van der Waals surface area contributed by atoms with E-state index in [2.05, 4.69) is 16.0 Å². The van der Waals surface area contributed by atoms with Crippen LogP contribution in [0.3, 0.4) is 0 Å². The van der Waals surface area contributed by atoms with Crippen LogP contribution < -0.4 is 5.73 Å². The highest BCUT2D eigenvalue weighted by Gasteiger charge is 2.21. The van der Waals surface area contributed by atoms with E-state index in [1.165, 1.54) is 5.57 Å². The number of methoxy groups -OCH3 is 2. The van der Waals surface area contributed by atoms with Gasteiger partial charge in [0.25, 0.3) is 0 Å². The second kappa shape index (κ2) is 6.15. The van der Waals surface area contributed by atoms with Crippen LogP contribution in [0.4, 0.5) is 5.82 Å². The average Bonchev–Trinajstić information content (AvgIpc) is 3.04. The highest BCUT2D eigenvalue weighted by Crippen LogP contribution is 2.29. The van der Waals surface area contributed by atoms with Gasteiger partial charge in [-0.3, -0.25) is 0 Å². The fourth-order valence-corrected chi connectivity index (χ4v) is 2.92. The first-order chi connectivity index (χ1) is 11.2. The number of H-pyrrole nitrogens is 1. The molecule has 3 rings (SSSR count). The van der Waals surface area contributed by atoms with E-state index in [1.54, 1.807) is 20.4 Å². The van der Waals surface area contributed by atoms with Crippen LogP contribution in [0.5, 0.6) is 0 Å². The van der Waals surface area contributed by atoms with Crippen molar-refractivity contribution < 1.29 is 9.47 Å². The van der Waals surface area contributed by atoms with Crippen molar-refractivity contribution in [3.63, 3.8) is 0 Å². The van der Waals surface area contributed by atoms with E-state index in [-0.39, 0.29) is 11.9 Å². The number of hydrogen-bond acceptors (Lipinski definition) is 5. The number of fused-ring (bicyclic) bond motifs is 1. The smallest absolute Gasteiger partial charge is 0.142 e. The molecule has 2 aromatic rings. The molecule has 0 fully saturated rings. The molecule has 0 aliphatic heterocycles. The first-order valence-corrected chi connectivity index (χ1v) is 7.29. The van der Waals surface area contributed by atoms with Crippen LogP contribution in [0.25, 0.3) is 10.8 Å². The Balaban J connectivity index is 1.97. The van der Waals surface area contributed by atoms with Crippen LogP contribution in [0, 0.1) is 11.3 Å². The van der Waals surface area contributed by atoms with E-state index in [0.29, 0.717) is 12.0 Å². The minimum atomic E-state index is -0.0857. The summed E-state index contributed by atoms with van der Waals surface area (Å²) in [5.41, 5.74) is 8.38. The van der Waals surface area contributed by atoms with Crippen LogP contribution in [0.1, 0.15) is 17.7 Å². The molecule has 1 aliphatic rings. The standard InChI is InChI=1S/C17H18N4O2/c1-22-15-4-3-10(6-16(15)23-2)5-14-13-9-20-8-12(13)11(7-18)17(19)21-14/h3-4,8-9,16,20H,5-6,19H2,1-2H3. The van der Waals surface area contributed by atoms with Gasteiger partial charge in [-0.15, -0.1) is 0 Å². The van der Waals surface area contributed by atoms with Gasteiger partial charge in [-0.25, -0.2) is 4.98 Å². The van der Waals surface area contributed by atoms with E-state index in [9.17, 15) is 5.26 Å². The summed E-state index contributed by atoms with van der Waals surface area (Å²) in [6.07, 6.45) is 8.90. The molecule has 118 valence electrons. The van der Waals surface area contributed by atoms with E-state index in [4.69, 9.17) is 15.2 Å². The van der Waals surface area contributed by atoms with Gasteiger partial charge in [0.1, 0.15) is 29.3 Å². The lowest BCUT2D eigenvalue weighted by Gasteiger charge is -2.22. The molecule has 0 bridgehead atoms. The topological polar surface area (TPSA) is 97.0 Å². The molecule has 0 radical (unpaired) electrons. The summed E-state index contributed by atoms with van der Waals surface area (Å²) >= 11 is 0. The number of nitrogens with one attached hydrogen (secondary N) is 1.